The minimum absolute atomic E-state index is 0.194. The lowest BCUT2D eigenvalue weighted by atomic mass is 10.1. The van der Waals surface area contributed by atoms with E-state index in [1.54, 1.807) is 14.1 Å². The molecule has 1 heterocycles. The van der Waals surface area contributed by atoms with E-state index in [1.807, 2.05) is 13.8 Å². The van der Waals surface area contributed by atoms with Gasteiger partial charge in [0.2, 0.25) is 0 Å². The van der Waals surface area contributed by atoms with E-state index in [0.29, 0.717) is 18.3 Å². The lowest BCUT2D eigenvalue weighted by Crippen LogP contribution is -2.31. The monoisotopic (exact) mass is 266 g/mol. The summed E-state index contributed by atoms with van der Waals surface area (Å²) in [7, 11) is 3.29. The van der Waals surface area contributed by atoms with Gasteiger partial charge in [-0.25, -0.2) is 4.98 Å². The first-order valence-corrected chi connectivity index (χ1v) is 5.94. The predicted molar refractivity (Wildman–Crippen MR) is 72.2 cm³/mol. The summed E-state index contributed by atoms with van der Waals surface area (Å²) < 4.78 is 0. The quantitative estimate of drug-likeness (QED) is 0.648. The van der Waals surface area contributed by atoms with E-state index in [1.165, 1.54) is 11.0 Å². The Hall–Kier alpha value is -2.18. The predicted octanol–water partition coefficient (Wildman–Crippen LogP) is 1.76. The van der Waals surface area contributed by atoms with Gasteiger partial charge < -0.3 is 10.2 Å². The molecule has 0 atom stereocenters. The number of amides is 1. The van der Waals surface area contributed by atoms with Crippen LogP contribution in [0.3, 0.4) is 0 Å². The standard InChI is InChI=1S/C12H18N4O3/c1-8(2)7-15(4)12(17)10-5-9(16(18)19)6-14-11(10)13-3/h5-6,8H,7H2,1-4H3,(H,13,14). The first kappa shape index (κ1) is 14.9. The van der Waals surface area contributed by atoms with Crippen molar-refractivity contribution in [2.45, 2.75) is 13.8 Å². The van der Waals surface area contributed by atoms with E-state index < -0.39 is 4.92 Å². The van der Waals surface area contributed by atoms with Gasteiger partial charge in [0.1, 0.15) is 12.0 Å². The van der Waals surface area contributed by atoms with Gasteiger partial charge in [0.05, 0.1) is 10.5 Å². The van der Waals surface area contributed by atoms with Crippen LogP contribution in [-0.2, 0) is 0 Å². The summed E-state index contributed by atoms with van der Waals surface area (Å²) in [4.78, 5) is 27.9. The first-order valence-electron chi connectivity index (χ1n) is 5.94. The van der Waals surface area contributed by atoms with Crippen molar-refractivity contribution < 1.29 is 9.72 Å². The maximum absolute atomic E-state index is 12.3. The number of carbonyl (C=O) groups is 1. The molecule has 19 heavy (non-hydrogen) atoms. The summed E-state index contributed by atoms with van der Waals surface area (Å²) in [6.07, 6.45) is 1.13. The van der Waals surface area contributed by atoms with Gasteiger partial charge in [0, 0.05) is 26.7 Å². The van der Waals surface area contributed by atoms with Crippen LogP contribution in [0, 0.1) is 16.0 Å². The highest BCUT2D eigenvalue weighted by atomic mass is 16.6. The minimum atomic E-state index is -0.564. The van der Waals surface area contributed by atoms with Crippen LogP contribution in [0.15, 0.2) is 12.3 Å². The van der Waals surface area contributed by atoms with Gasteiger partial charge >= 0.3 is 0 Å². The van der Waals surface area contributed by atoms with Gasteiger partial charge in [0.25, 0.3) is 11.6 Å². The molecule has 0 saturated carbocycles. The molecule has 1 aromatic heterocycles. The van der Waals surface area contributed by atoms with E-state index >= 15 is 0 Å². The molecule has 1 aromatic rings. The molecule has 0 bridgehead atoms. The molecule has 1 rings (SSSR count). The fraction of sp³-hybridized carbons (Fsp3) is 0.500. The number of nitro groups is 1. The fourth-order valence-corrected chi connectivity index (χ4v) is 1.75. The van der Waals surface area contributed by atoms with Crippen LogP contribution in [-0.4, -0.2) is 41.4 Å². The summed E-state index contributed by atoms with van der Waals surface area (Å²) in [5.74, 6) is 0.374. The highest BCUT2D eigenvalue weighted by molar-refractivity contribution is 5.99. The van der Waals surface area contributed by atoms with Crippen molar-refractivity contribution in [3.05, 3.63) is 27.9 Å². The number of carbonyl (C=O) groups excluding carboxylic acids is 1. The molecule has 0 saturated heterocycles. The number of hydrogen-bond acceptors (Lipinski definition) is 5. The fourth-order valence-electron chi connectivity index (χ4n) is 1.75. The molecule has 0 aliphatic heterocycles. The lowest BCUT2D eigenvalue weighted by molar-refractivity contribution is -0.385. The highest BCUT2D eigenvalue weighted by Crippen LogP contribution is 2.20. The summed E-state index contributed by atoms with van der Waals surface area (Å²) >= 11 is 0. The van der Waals surface area contributed by atoms with E-state index in [9.17, 15) is 14.9 Å². The van der Waals surface area contributed by atoms with Crippen molar-refractivity contribution in [3.8, 4) is 0 Å². The number of pyridine rings is 1. The molecular formula is C12H18N4O3. The topological polar surface area (TPSA) is 88.4 Å². The van der Waals surface area contributed by atoms with Crippen LogP contribution < -0.4 is 5.32 Å². The van der Waals surface area contributed by atoms with Crippen LogP contribution in [0.25, 0.3) is 0 Å². The average molecular weight is 266 g/mol. The average Bonchev–Trinajstić information content (AvgIpc) is 2.36. The zero-order valence-corrected chi connectivity index (χ0v) is 11.5. The van der Waals surface area contributed by atoms with Crippen LogP contribution in [0.5, 0.6) is 0 Å². The second kappa shape index (κ2) is 6.12. The third-order valence-electron chi connectivity index (χ3n) is 2.54. The summed E-state index contributed by atoms with van der Waals surface area (Å²) in [6.45, 7) is 4.56. The first-order chi connectivity index (χ1) is 8.86. The molecule has 7 nitrogen and oxygen atoms in total. The van der Waals surface area contributed by atoms with E-state index in [0.717, 1.165) is 6.20 Å². The maximum Gasteiger partial charge on any atom is 0.288 e. The molecule has 7 heteroatoms. The highest BCUT2D eigenvalue weighted by Gasteiger charge is 2.20. The number of rotatable bonds is 5. The summed E-state index contributed by atoms with van der Waals surface area (Å²) in [6, 6.07) is 1.25. The molecule has 0 radical (unpaired) electrons. The Labute approximate surface area is 111 Å². The smallest absolute Gasteiger partial charge is 0.288 e. The number of nitrogens with one attached hydrogen (secondary N) is 1. The van der Waals surface area contributed by atoms with Gasteiger partial charge in [-0.1, -0.05) is 13.8 Å². The van der Waals surface area contributed by atoms with Crippen LogP contribution in [0.2, 0.25) is 0 Å². The van der Waals surface area contributed by atoms with Crippen LogP contribution in [0.1, 0.15) is 24.2 Å². The Balaban J connectivity index is 3.12. The number of aromatic nitrogens is 1. The van der Waals surface area contributed by atoms with Crippen molar-refractivity contribution in [1.29, 1.82) is 0 Å². The molecule has 0 fully saturated rings. The number of anilines is 1. The molecule has 0 unspecified atom stereocenters. The van der Waals surface area contributed by atoms with Crippen LogP contribution in [0.4, 0.5) is 11.5 Å². The van der Waals surface area contributed by atoms with E-state index in [2.05, 4.69) is 10.3 Å². The summed E-state index contributed by atoms with van der Waals surface area (Å²) in [5, 5.41) is 13.5. The Morgan fingerprint density at radius 3 is 2.68 bits per heavy atom. The lowest BCUT2D eigenvalue weighted by Gasteiger charge is -2.20. The number of hydrogen-bond donors (Lipinski definition) is 1. The zero-order valence-electron chi connectivity index (χ0n) is 11.5. The number of nitrogens with zero attached hydrogens (tertiary/aromatic N) is 3. The van der Waals surface area contributed by atoms with Gasteiger partial charge in [0.15, 0.2) is 0 Å². The second-order valence-electron chi connectivity index (χ2n) is 4.68. The third kappa shape index (κ3) is 3.64. The Morgan fingerprint density at radius 1 is 1.58 bits per heavy atom. The van der Waals surface area contributed by atoms with Crippen molar-refractivity contribution in [3.63, 3.8) is 0 Å². The Morgan fingerprint density at radius 2 is 2.21 bits per heavy atom. The largest absolute Gasteiger partial charge is 0.372 e. The van der Waals surface area contributed by atoms with E-state index in [4.69, 9.17) is 0 Å². The summed E-state index contributed by atoms with van der Waals surface area (Å²) in [5.41, 5.74) is 0.0140. The molecule has 1 amide bonds. The van der Waals surface area contributed by atoms with Gasteiger partial charge in [-0.2, -0.15) is 0 Å². The minimum Gasteiger partial charge on any atom is -0.372 e. The van der Waals surface area contributed by atoms with E-state index in [-0.39, 0.29) is 17.2 Å². The van der Waals surface area contributed by atoms with Gasteiger partial charge in [-0.3, -0.25) is 14.9 Å². The van der Waals surface area contributed by atoms with Crippen molar-refractivity contribution >= 4 is 17.4 Å². The molecule has 0 spiro atoms. The van der Waals surface area contributed by atoms with Crippen molar-refractivity contribution in [1.82, 2.24) is 9.88 Å². The Kier molecular flexibility index (Phi) is 4.80. The normalized spacial score (nSPS) is 10.4. The zero-order chi connectivity index (χ0) is 14.6. The molecular weight excluding hydrogens is 248 g/mol. The molecule has 0 aliphatic carbocycles. The van der Waals surface area contributed by atoms with Crippen molar-refractivity contribution in [2.24, 2.45) is 5.92 Å². The Bertz CT molecular complexity index is 488. The second-order valence-corrected chi connectivity index (χ2v) is 4.68. The SMILES string of the molecule is CNc1ncc([N+](=O)[O-])cc1C(=O)N(C)CC(C)C. The molecule has 0 aliphatic rings. The molecule has 1 N–H and O–H groups in total. The van der Waals surface area contributed by atoms with Gasteiger partial charge in [-0.05, 0) is 5.92 Å². The molecule has 0 aromatic carbocycles. The maximum atomic E-state index is 12.3. The van der Waals surface area contributed by atoms with Crippen molar-refractivity contribution in [2.75, 3.05) is 26.0 Å². The molecule has 104 valence electrons. The van der Waals surface area contributed by atoms with Gasteiger partial charge in [-0.15, -0.1) is 0 Å². The third-order valence-corrected chi connectivity index (χ3v) is 2.54. The van der Waals surface area contributed by atoms with Crippen LogP contribution >= 0.6 is 0 Å².